The normalized spacial score (nSPS) is 12.8. The van der Waals surface area contributed by atoms with E-state index >= 15 is 13.2 Å². The lowest BCUT2D eigenvalue weighted by Crippen LogP contribution is -2.41. The summed E-state index contributed by atoms with van der Waals surface area (Å²) in [4.78, 5) is 87.9. The summed E-state index contributed by atoms with van der Waals surface area (Å²) < 4.78 is 113. The fourth-order valence-electron chi connectivity index (χ4n) is 8.44. The molecule has 392 valence electrons. The zero-order valence-corrected chi connectivity index (χ0v) is 40.4. The number of ketones is 1. The average molecular weight is 1090 g/mol. The Kier molecular flexibility index (Phi) is 14.8. The molecule has 2 amide bonds. The van der Waals surface area contributed by atoms with Gasteiger partial charge in [-0.25, -0.2) is 18.2 Å². The maximum Gasteiger partial charge on any atom is 0.326 e. The number of aliphatic carboxylic acids is 3. The number of hydrogen-bond acceptors (Lipinski definition) is 11. The molecule has 8 bridgehead atoms. The lowest BCUT2D eigenvalue weighted by molar-refractivity contribution is -0.137. The van der Waals surface area contributed by atoms with E-state index in [0.29, 0.717) is 33.1 Å². The second-order valence-electron chi connectivity index (χ2n) is 17.0. The molecule has 2 atom stereocenters. The van der Waals surface area contributed by atoms with Crippen LogP contribution in [0, 0.1) is 17.5 Å². The first-order chi connectivity index (χ1) is 35.9. The molecule has 3 aromatic carbocycles. The number of carboxylic acid groups (broad SMARTS) is 3. The molecule has 0 fully saturated rings. The summed E-state index contributed by atoms with van der Waals surface area (Å²) in [7, 11) is -10.3. The van der Waals surface area contributed by atoms with E-state index in [2.05, 4.69) is 20.3 Å². The molecule has 21 nitrogen and oxygen atoms in total. The van der Waals surface area contributed by atoms with Gasteiger partial charge in [-0.2, -0.15) is 16.8 Å². The fourth-order valence-corrected chi connectivity index (χ4v) is 9.66. The number of carbonyl (C=O) groups is 6. The highest BCUT2D eigenvalue weighted by Gasteiger charge is 2.33. The van der Waals surface area contributed by atoms with Gasteiger partial charge in [-0.15, -0.1) is 0 Å². The van der Waals surface area contributed by atoms with Crippen LogP contribution in [-0.2, 0) is 34.6 Å². The van der Waals surface area contributed by atoms with Crippen LogP contribution in [0.2, 0.25) is 0 Å². The monoisotopic (exact) mass is 1080 g/mol. The van der Waals surface area contributed by atoms with E-state index in [1.54, 1.807) is 48.6 Å². The fraction of sp³-hybridized carbons (Fsp3) is 0.140. The predicted molar refractivity (Wildman–Crippen MR) is 268 cm³/mol. The molecular formula is C50H39F3N6O15S2. The molecule has 76 heavy (non-hydrogen) atoms. The minimum Gasteiger partial charge on any atom is -0.481 e. The zero-order chi connectivity index (χ0) is 55.0. The van der Waals surface area contributed by atoms with Gasteiger partial charge >= 0.3 is 17.9 Å². The Balaban J connectivity index is 1.32. The van der Waals surface area contributed by atoms with Crippen LogP contribution >= 0.6 is 0 Å². The first kappa shape index (κ1) is 53.3. The number of rotatable bonds is 18. The third kappa shape index (κ3) is 11.2. The van der Waals surface area contributed by atoms with Crippen LogP contribution in [0.5, 0.6) is 0 Å². The largest absolute Gasteiger partial charge is 0.481 e. The average Bonchev–Trinajstić information content (AvgIpc) is 4.20. The van der Waals surface area contributed by atoms with Gasteiger partial charge in [0.15, 0.2) is 11.0 Å². The Labute approximate surface area is 426 Å². The first-order valence-electron chi connectivity index (χ1n) is 22.3. The number of amides is 2. The van der Waals surface area contributed by atoms with Gasteiger partial charge in [0.1, 0.15) is 17.5 Å². The summed E-state index contributed by atoms with van der Waals surface area (Å²) in [6.07, 6.45) is 1.07. The number of carboxylic acids is 3. The summed E-state index contributed by atoms with van der Waals surface area (Å²) >= 11 is 0. The summed E-state index contributed by atoms with van der Waals surface area (Å²) in [5.41, 5.74) is 2.13. The van der Waals surface area contributed by atoms with Gasteiger partial charge in [0.25, 0.3) is 32.1 Å². The second kappa shape index (κ2) is 21.1. The minimum atomic E-state index is -5.16. The van der Waals surface area contributed by atoms with Crippen molar-refractivity contribution in [3.8, 4) is 33.4 Å². The molecule has 26 heteroatoms. The van der Waals surface area contributed by atoms with Crippen LogP contribution in [0.4, 0.5) is 13.2 Å². The number of aromatic nitrogens is 4. The van der Waals surface area contributed by atoms with E-state index in [1.807, 2.05) is 5.32 Å². The number of fused-ring (bicyclic) bond motifs is 9. The third-order valence-electron chi connectivity index (χ3n) is 12.1. The summed E-state index contributed by atoms with van der Waals surface area (Å²) in [5.74, 6) is -11.4. The third-order valence-corrected chi connectivity index (χ3v) is 14.4. The minimum absolute atomic E-state index is 0.123. The molecule has 0 spiro atoms. The smallest absolute Gasteiger partial charge is 0.326 e. The quantitative estimate of drug-likeness (QED) is 0.0316. The standard InChI is InChI=1S/C50H39F3N6O15S2/c51-29-19-23(1-4-26(29)40(60)15-16-41(49(65)66)75(69,70)71)44-34-9-7-32(56-34)33-8-10-35(57-33)45(24-3-6-28(31(53)21-24)48(64)55-22-42(50(67)68)76(72,73)74)37-12-14-39(59-37)46(38-13-11-36(44)58-38)25-2-5-27(30(52)20-25)47(63)54-18-17-43(61)62/h1-14,19-21,41-42,56-58H,15-18,22H2,(H,54,63)(H,55,64)(H,61,62)(H,65,66)(H,67,68)(H,69,70,71)(H,72,73,74). The van der Waals surface area contributed by atoms with Crippen LogP contribution in [0.25, 0.3) is 78.6 Å². The van der Waals surface area contributed by atoms with Gasteiger partial charge in [-0.1, -0.05) is 18.2 Å². The van der Waals surface area contributed by atoms with Crippen molar-refractivity contribution in [3.05, 3.63) is 137 Å². The second-order valence-corrected chi connectivity index (χ2v) is 20.2. The molecular weight excluding hydrogens is 1050 g/mol. The molecule has 2 unspecified atom stereocenters. The van der Waals surface area contributed by atoms with Gasteiger partial charge in [0.05, 0.1) is 45.5 Å². The first-order valence-corrected chi connectivity index (χ1v) is 25.3. The molecule has 4 aromatic heterocycles. The lowest BCUT2D eigenvalue weighted by atomic mass is 9.99. The summed E-state index contributed by atoms with van der Waals surface area (Å²) in [6.45, 7) is -1.39. The Hall–Kier alpha value is -8.98. The van der Waals surface area contributed by atoms with Gasteiger partial charge in [-0.05, 0) is 108 Å². The van der Waals surface area contributed by atoms with E-state index in [0.717, 1.165) is 30.3 Å². The number of hydrogen-bond donors (Lipinski definition) is 10. The molecule has 10 N–H and O–H groups in total. The maximum absolute atomic E-state index is 16.1. The number of benzene rings is 3. The highest BCUT2D eigenvalue weighted by atomic mass is 32.2. The van der Waals surface area contributed by atoms with Crippen LogP contribution < -0.4 is 10.6 Å². The zero-order valence-electron chi connectivity index (χ0n) is 38.7. The number of carbonyl (C=O) groups excluding carboxylic acids is 3. The van der Waals surface area contributed by atoms with Gasteiger partial charge in [-0.3, -0.25) is 37.9 Å². The Morgan fingerprint density at radius 2 is 0.908 bits per heavy atom. The molecule has 7 aromatic rings. The van der Waals surface area contributed by atoms with Gasteiger partial charge < -0.3 is 40.9 Å². The summed E-state index contributed by atoms with van der Waals surface area (Å²) in [6, 6.07) is 20.3. The molecule has 1 aliphatic rings. The molecule has 8 rings (SSSR count). The number of halogens is 3. The van der Waals surface area contributed by atoms with Crippen molar-refractivity contribution in [1.29, 1.82) is 0 Å². The number of nitrogens with zero attached hydrogens (tertiary/aromatic N) is 1. The number of nitrogens with one attached hydrogen (secondary N) is 5. The van der Waals surface area contributed by atoms with Crippen molar-refractivity contribution >= 4 is 101 Å². The maximum atomic E-state index is 16.1. The molecule has 0 aliphatic carbocycles. The van der Waals surface area contributed by atoms with Gasteiger partial charge in [0, 0.05) is 58.3 Å². The predicted octanol–water partition coefficient (Wildman–Crippen LogP) is 6.69. The Morgan fingerprint density at radius 1 is 0.513 bits per heavy atom. The molecule has 0 saturated heterocycles. The van der Waals surface area contributed by atoms with Crippen molar-refractivity contribution in [2.75, 3.05) is 13.1 Å². The highest BCUT2D eigenvalue weighted by Crippen LogP contribution is 2.38. The van der Waals surface area contributed by atoms with Crippen LogP contribution in [0.3, 0.4) is 0 Å². The number of Topliss-reactive ketones (excluding diaryl/α,β-unsaturated/α-hetero) is 1. The number of H-pyrrole nitrogens is 3. The highest BCUT2D eigenvalue weighted by molar-refractivity contribution is 7.87. The van der Waals surface area contributed by atoms with Crippen molar-refractivity contribution in [2.45, 2.75) is 29.8 Å². The molecule has 1 aliphatic heterocycles. The Bertz CT molecular complexity index is 4000. The van der Waals surface area contributed by atoms with E-state index in [9.17, 15) is 64.9 Å². The van der Waals surface area contributed by atoms with Crippen LogP contribution in [0.1, 0.15) is 61.7 Å². The van der Waals surface area contributed by atoms with Crippen molar-refractivity contribution in [3.63, 3.8) is 0 Å². The topological polar surface area (TPSA) is 356 Å². The SMILES string of the molecule is O=C(O)CCNC(=O)c1ccc(-c2c3nc(c(-c4ccc(C(=O)NCC(C(=O)O)S(=O)(=O)O)c(F)c4)c4ccc([nH]4)c4ccc([nH]4)c(-c4ccc(C(=O)CCC(C(=O)O)S(=O)(=O)O)c(F)c4)c4ccc2[nH]4)C=C3)cc1F. The molecule has 5 heterocycles. The van der Waals surface area contributed by atoms with Crippen molar-refractivity contribution in [1.82, 2.24) is 30.6 Å². The number of aromatic amines is 3. The van der Waals surface area contributed by atoms with Crippen LogP contribution in [-0.4, -0.2) is 120 Å². The van der Waals surface area contributed by atoms with E-state index in [-0.39, 0.29) is 51.3 Å². The van der Waals surface area contributed by atoms with Gasteiger partial charge in [0.2, 0.25) is 5.25 Å². The molecule has 0 saturated carbocycles. The van der Waals surface area contributed by atoms with Crippen molar-refractivity contribution in [2.24, 2.45) is 0 Å². The van der Waals surface area contributed by atoms with E-state index in [1.165, 1.54) is 24.3 Å². The molecule has 0 radical (unpaired) electrons. The Morgan fingerprint density at radius 3 is 1.33 bits per heavy atom. The van der Waals surface area contributed by atoms with E-state index in [4.69, 9.17) is 10.1 Å². The van der Waals surface area contributed by atoms with Crippen molar-refractivity contribution < 1.29 is 83.2 Å². The lowest BCUT2D eigenvalue weighted by Gasteiger charge is -2.12. The van der Waals surface area contributed by atoms with Crippen LogP contribution in [0.15, 0.2) is 91.0 Å². The summed E-state index contributed by atoms with van der Waals surface area (Å²) in [5, 5.41) is 27.1. The van der Waals surface area contributed by atoms with E-state index < -0.39 is 126 Å².